The Morgan fingerprint density at radius 2 is 1.73 bits per heavy atom. The highest BCUT2D eigenvalue weighted by molar-refractivity contribution is 7.09. The fourth-order valence-electron chi connectivity index (χ4n) is 4.94. The molecule has 7 nitrogen and oxygen atoms in total. The van der Waals surface area contributed by atoms with Crippen molar-refractivity contribution in [2.75, 3.05) is 17.7 Å². The minimum absolute atomic E-state index is 0.0173. The van der Waals surface area contributed by atoms with Crippen LogP contribution in [0.2, 0.25) is 0 Å². The summed E-state index contributed by atoms with van der Waals surface area (Å²) in [5.74, 6) is -1.41. The van der Waals surface area contributed by atoms with Crippen LogP contribution in [0.25, 0.3) is 11.3 Å². The van der Waals surface area contributed by atoms with Crippen LogP contribution in [0, 0.1) is 11.6 Å². The number of methoxy groups -OCH3 is 1. The molecule has 0 spiro atoms. The lowest BCUT2D eigenvalue weighted by Gasteiger charge is -2.32. The topological polar surface area (TPSA) is 97.5 Å². The molecule has 206 valence electrons. The summed E-state index contributed by atoms with van der Waals surface area (Å²) in [6.45, 7) is 0. The van der Waals surface area contributed by atoms with Crippen LogP contribution in [-0.2, 0) is 4.79 Å². The van der Waals surface area contributed by atoms with Gasteiger partial charge in [0.1, 0.15) is 34.0 Å². The number of nitrogens with zero attached hydrogens (tertiary/aromatic N) is 2. The molecule has 3 aromatic carbocycles. The van der Waals surface area contributed by atoms with E-state index in [-0.39, 0.29) is 22.3 Å². The van der Waals surface area contributed by atoms with Gasteiger partial charge in [0.15, 0.2) is 0 Å². The molecule has 1 saturated carbocycles. The molecule has 1 heterocycles. The lowest BCUT2D eigenvalue weighted by molar-refractivity contribution is -0.123. The van der Waals surface area contributed by atoms with Gasteiger partial charge in [0, 0.05) is 17.3 Å². The number of carbonyl (C=O) groups excluding carboxylic acids is 2. The minimum Gasteiger partial charge on any atom is -0.497 e. The molecule has 1 atom stereocenters. The lowest BCUT2D eigenvalue weighted by atomic mass is 10.0. The van der Waals surface area contributed by atoms with Crippen LogP contribution < -0.4 is 20.7 Å². The van der Waals surface area contributed by atoms with Crippen molar-refractivity contribution in [1.29, 1.82) is 0 Å². The van der Waals surface area contributed by atoms with Gasteiger partial charge in [-0.25, -0.2) is 8.78 Å². The Morgan fingerprint density at radius 1 is 1.02 bits per heavy atom. The predicted octanol–water partition coefficient (Wildman–Crippen LogP) is 6.13. The van der Waals surface area contributed by atoms with Gasteiger partial charge in [-0.15, -0.1) is 0 Å². The third-order valence-corrected chi connectivity index (χ3v) is 7.84. The highest BCUT2D eigenvalue weighted by Gasteiger charge is 2.37. The van der Waals surface area contributed by atoms with E-state index in [2.05, 4.69) is 9.69 Å². The summed E-state index contributed by atoms with van der Waals surface area (Å²) >= 11 is 0.868. The monoisotopic (exact) mass is 562 g/mol. The lowest BCUT2D eigenvalue weighted by Crippen LogP contribution is -2.46. The maximum Gasteiger partial charge on any atom is 0.273 e. The second-order valence-corrected chi connectivity index (χ2v) is 10.4. The number of carbonyl (C=O) groups is 2. The number of amides is 2. The highest BCUT2D eigenvalue weighted by atomic mass is 32.1. The zero-order valence-corrected chi connectivity index (χ0v) is 22.6. The second-order valence-electron chi connectivity index (χ2n) is 9.60. The third-order valence-electron chi connectivity index (χ3n) is 6.98. The quantitative estimate of drug-likeness (QED) is 0.269. The van der Waals surface area contributed by atoms with Gasteiger partial charge in [-0.05, 0) is 84.5 Å². The molecule has 2 amide bonds. The standard InChI is InChI=1S/C30H28F2N4O3S/c1-39-24-15-11-19(12-16-24)27(29(37)34-22-6-2-3-7-22)36(23-8-4-5-21(32)17-23)30(38)28-25(33)26(35-40-28)18-9-13-20(31)14-10-18/h4-5,8-17,22,27H,2-3,6-7,33H2,1H3,(H,34,37)/t27-/m1/s1. The average Bonchev–Trinajstić information content (AvgIpc) is 3.61. The van der Waals surface area contributed by atoms with Crippen molar-refractivity contribution in [1.82, 2.24) is 9.69 Å². The number of anilines is 2. The van der Waals surface area contributed by atoms with Crippen molar-refractivity contribution >= 4 is 34.7 Å². The Balaban J connectivity index is 1.61. The highest BCUT2D eigenvalue weighted by Crippen LogP contribution is 2.37. The van der Waals surface area contributed by atoms with Crippen molar-refractivity contribution in [3.63, 3.8) is 0 Å². The van der Waals surface area contributed by atoms with Gasteiger partial charge < -0.3 is 15.8 Å². The summed E-state index contributed by atoms with van der Waals surface area (Å²) in [5, 5.41) is 3.09. The molecule has 0 radical (unpaired) electrons. The first-order valence-corrected chi connectivity index (χ1v) is 13.7. The van der Waals surface area contributed by atoms with Gasteiger partial charge in [-0.3, -0.25) is 14.5 Å². The summed E-state index contributed by atoms with van der Waals surface area (Å²) in [5.41, 5.74) is 8.07. The Labute approximate surface area is 234 Å². The summed E-state index contributed by atoms with van der Waals surface area (Å²) in [6, 6.07) is 16.8. The number of aromatic nitrogens is 1. The molecule has 0 unspecified atom stereocenters. The normalized spacial score (nSPS) is 14.1. The zero-order chi connectivity index (χ0) is 28.2. The zero-order valence-electron chi connectivity index (χ0n) is 21.8. The minimum atomic E-state index is -1.14. The molecular formula is C30H28F2N4O3S. The molecule has 0 saturated heterocycles. The van der Waals surface area contributed by atoms with Gasteiger partial charge in [-0.2, -0.15) is 4.37 Å². The fourth-order valence-corrected chi connectivity index (χ4v) is 5.70. The van der Waals surface area contributed by atoms with Crippen molar-refractivity contribution in [2.24, 2.45) is 0 Å². The van der Waals surface area contributed by atoms with E-state index in [1.165, 1.54) is 54.5 Å². The number of nitrogens with one attached hydrogen (secondary N) is 1. The van der Waals surface area contributed by atoms with E-state index in [1.807, 2.05) is 0 Å². The first-order chi connectivity index (χ1) is 19.4. The number of rotatable bonds is 8. The number of ether oxygens (including phenoxy) is 1. The molecule has 1 aliphatic rings. The molecule has 1 fully saturated rings. The van der Waals surface area contributed by atoms with E-state index in [0.717, 1.165) is 37.2 Å². The molecule has 40 heavy (non-hydrogen) atoms. The number of hydrogen-bond acceptors (Lipinski definition) is 6. The summed E-state index contributed by atoms with van der Waals surface area (Å²) in [4.78, 5) is 29.5. The van der Waals surface area contributed by atoms with Gasteiger partial charge in [0.2, 0.25) is 5.91 Å². The second kappa shape index (κ2) is 11.8. The fraction of sp³-hybridized carbons (Fsp3) is 0.233. The van der Waals surface area contributed by atoms with E-state index in [9.17, 15) is 18.4 Å². The largest absolute Gasteiger partial charge is 0.497 e. The Kier molecular flexibility index (Phi) is 8.06. The van der Waals surface area contributed by atoms with E-state index in [1.54, 1.807) is 30.3 Å². The molecule has 1 aliphatic carbocycles. The van der Waals surface area contributed by atoms with E-state index >= 15 is 0 Å². The van der Waals surface area contributed by atoms with Gasteiger partial charge in [-0.1, -0.05) is 31.0 Å². The van der Waals surface area contributed by atoms with E-state index in [4.69, 9.17) is 10.5 Å². The summed E-state index contributed by atoms with van der Waals surface area (Å²) in [6.07, 6.45) is 3.71. The molecule has 5 rings (SSSR count). The number of halogens is 2. The van der Waals surface area contributed by atoms with Crippen LogP contribution in [0.3, 0.4) is 0 Å². The van der Waals surface area contributed by atoms with Crippen molar-refractivity contribution in [3.8, 4) is 17.0 Å². The van der Waals surface area contributed by atoms with Crippen molar-refractivity contribution in [2.45, 2.75) is 37.8 Å². The van der Waals surface area contributed by atoms with Gasteiger partial charge in [0.05, 0.1) is 12.8 Å². The maximum atomic E-state index is 14.5. The van der Waals surface area contributed by atoms with Crippen LogP contribution >= 0.6 is 11.5 Å². The van der Waals surface area contributed by atoms with Crippen LogP contribution in [0.1, 0.15) is 47.0 Å². The number of nitrogen functional groups attached to an aromatic ring is 1. The third kappa shape index (κ3) is 5.67. The Hall–Kier alpha value is -4.31. The summed E-state index contributed by atoms with van der Waals surface area (Å²) < 4.78 is 37.7. The Bertz CT molecular complexity index is 1500. The average molecular weight is 563 g/mol. The molecule has 0 aliphatic heterocycles. The van der Waals surface area contributed by atoms with Crippen molar-refractivity contribution in [3.05, 3.63) is 94.9 Å². The van der Waals surface area contributed by atoms with Crippen LogP contribution in [0.5, 0.6) is 5.75 Å². The molecule has 0 bridgehead atoms. The molecule has 4 aromatic rings. The van der Waals surface area contributed by atoms with Gasteiger partial charge in [0.25, 0.3) is 5.91 Å². The first kappa shape index (κ1) is 27.3. The van der Waals surface area contributed by atoms with E-state index < -0.39 is 29.5 Å². The smallest absolute Gasteiger partial charge is 0.273 e. The van der Waals surface area contributed by atoms with Crippen LogP contribution in [0.15, 0.2) is 72.8 Å². The summed E-state index contributed by atoms with van der Waals surface area (Å²) in [7, 11) is 1.53. The number of hydrogen-bond donors (Lipinski definition) is 2. The molecule has 10 heteroatoms. The molecule has 1 aromatic heterocycles. The van der Waals surface area contributed by atoms with Gasteiger partial charge >= 0.3 is 0 Å². The first-order valence-electron chi connectivity index (χ1n) is 12.9. The molecule has 3 N–H and O–H groups in total. The number of nitrogens with two attached hydrogens (primary N) is 1. The predicted molar refractivity (Wildman–Crippen MR) is 151 cm³/mol. The molecular weight excluding hydrogens is 534 g/mol. The van der Waals surface area contributed by atoms with Crippen molar-refractivity contribution < 1.29 is 23.1 Å². The number of benzene rings is 3. The maximum absolute atomic E-state index is 14.5. The van der Waals surface area contributed by atoms with E-state index in [0.29, 0.717) is 22.6 Å². The SMILES string of the molecule is COc1ccc([C@H](C(=O)NC2CCCC2)N(C(=O)c2snc(-c3ccc(F)cc3)c2N)c2cccc(F)c2)cc1. The Morgan fingerprint density at radius 3 is 2.38 bits per heavy atom. The van der Waals surface area contributed by atoms with Crippen LogP contribution in [-0.4, -0.2) is 29.3 Å². The van der Waals surface area contributed by atoms with Crippen LogP contribution in [0.4, 0.5) is 20.2 Å².